The molecule has 0 bridgehead atoms. The second-order valence-corrected chi connectivity index (χ2v) is 5.71. The van der Waals surface area contributed by atoms with Gasteiger partial charge in [0.2, 0.25) is 0 Å². The lowest BCUT2D eigenvalue weighted by Crippen LogP contribution is -2.36. The predicted molar refractivity (Wildman–Crippen MR) is 96.0 cm³/mol. The Bertz CT molecular complexity index is 504. The number of carboxylic acids is 1. The van der Waals surface area contributed by atoms with E-state index in [1.165, 1.54) is 0 Å². The summed E-state index contributed by atoms with van der Waals surface area (Å²) in [7, 11) is 1.87. The fourth-order valence-electron chi connectivity index (χ4n) is 2.24. The Labute approximate surface area is 148 Å². The molecule has 0 amide bonds. The van der Waals surface area contributed by atoms with Gasteiger partial charge < -0.3 is 25.8 Å². The third kappa shape index (κ3) is 8.57. The van der Waals surface area contributed by atoms with E-state index in [0.29, 0.717) is 12.0 Å². The van der Waals surface area contributed by atoms with Crippen LogP contribution in [-0.2, 0) is 9.53 Å². The van der Waals surface area contributed by atoms with E-state index < -0.39 is 12.0 Å². The van der Waals surface area contributed by atoms with Crippen LogP contribution in [0.5, 0.6) is 0 Å². The number of nitrogens with zero attached hydrogens (tertiary/aromatic N) is 2. The highest BCUT2D eigenvalue weighted by Gasteiger charge is 2.11. The quantitative estimate of drug-likeness (QED) is 0.458. The number of rotatable bonds is 8. The first-order valence-corrected chi connectivity index (χ1v) is 8.45. The number of hydrogen-bond acceptors (Lipinski definition) is 7. The van der Waals surface area contributed by atoms with Crippen molar-refractivity contribution in [2.75, 3.05) is 44.8 Å². The van der Waals surface area contributed by atoms with E-state index in [4.69, 9.17) is 15.6 Å². The summed E-state index contributed by atoms with van der Waals surface area (Å²) in [5.74, 6) is 0.00774. The third-order valence-corrected chi connectivity index (χ3v) is 3.75. The van der Waals surface area contributed by atoms with E-state index in [9.17, 15) is 9.59 Å². The minimum atomic E-state index is -0.908. The van der Waals surface area contributed by atoms with Crippen LogP contribution in [0, 0.1) is 0 Å². The number of pyridine rings is 1. The average Bonchev–Trinajstić information content (AvgIpc) is 2.66. The van der Waals surface area contributed by atoms with Crippen LogP contribution < -0.4 is 16.0 Å². The summed E-state index contributed by atoms with van der Waals surface area (Å²) in [6, 6.07) is 2.96. The number of carbonyl (C=O) groups excluding carboxylic acids is 1. The standard InChI is InChI=1S/C10H12N2O2.C7H16N2O2/c13-8-9-1-2-10(11-7-9)12-3-5-14-6-4-12;1-9-5-3-2-4-6(8)7(10)11/h1-2,7-8H,3-6H2;6,9H,2-5,8H2,1H3,(H,10,11). The molecule has 2 heterocycles. The molecule has 4 N–H and O–H groups in total. The average molecular weight is 352 g/mol. The maximum absolute atomic E-state index is 10.4. The molecule has 0 spiro atoms. The molecule has 2 rings (SSSR count). The highest BCUT2D eigenvalue weighted by molar-refractivity contribution is 5.74. The fraction of sp³-hybridized carbons (Fsp3) is 0.588. The molecule has 1 fully saturated rings. The van der Waals surface area contributed by atoms with Crippen molar-refractivity contribution in [2.24, 2.45) is 5.73 Å². The molecule has 1 aromatic rings. The zero-order valence-corrected chi connectivity index (χ0v) is 14.7. The molecule has 1 aromatic heterocycles. The molecule has 1 saturated heterocycles. The van der Waals surface area contributed by atoms with Crippen molar-refractivity contribution in [3.8, 4) is 0 Å². The minimum Gasteiger partial charge on any atom is -0.480 e. The molecule has 1 unspecified atom stereocenters. The Hall–Kier alpha value is -2.03. The second-order valence-electron chi connectivity index (χ2n) is 5.71. The highest BCUT2D eigenvalue weighted by Crippen LogP contribution is 2.12. The van der Waals surface area contributed by atoms with Gasteiger partial charge in [-0.25, -0.2) is 4.98 Å². The molecule has 140 valence electrons. The van der Waals surface area contributed by atoms with Crippen LogP contribution in [0.15, 0.2) is 18.3 Å². The lowest BCUT2D eigenvalue weighted by molar-refractivity contribution is -0.138. The number of carbonyl (C=O) groups is 2. The van der Waals surface area contributed by atoms with Crippen LogP contribution in [-0.4, -0.2) is 68.3 Å². The summed E-state index contributed by atoms with van der Waals surface area (Å²) in [5, 5.41) is 11.4. The molecule has 25 heavy (non-hydrogen) atoms. The van der Waals surface area contributed by atoms with Crippen LogP contribution in [0.25, 0.3) is 0 Å². The Balaban J connectivity index is 0.000000260. The number of hydrogen-bond donors (Lipinski definition) is 3. The van der Waals surface area contributed by atoms with Crippen LogP contribution >= 0.6 is 0 Å². The largest absolute Gasteiger partial charge is 0.480 e. The first kappa shape index (κ1) is 21.0. The molecule has 0 radical (unpaired) electrons. The first-order chi connectivity index (χ1) is 12.1. The van der Waals surface area contributed by atoms with Crippen molar-refractivity contribution in [1.29, 1.82) is 0 Å². The molecule has 1 atom stereocenters. The lowest BCUT2D eigenvalue weighted by Gasteiger charge is -2.27. The number of anilines is 1. The zero-order valence-electron chi connectivity index (χ0n) is 14.7. The van der Waals surface area contributed by atoms with Crippen molar-refractivity contribution >= 4 is 18.1 Å². The van der Waals surface area contributed by atoms with Gasteiger partial charge in [0.1, 0.15) is 11.9 Å². The number of aromatic nitrogens is 1. The summed E-state index contributed by atoms with van der Waals surface area (Å²) in [6.07, 6.45) is 4.82. The first-order valence-electron chi connectivity index (χ1n) is 8.45. The highest BCUT2D eigenvalue weighted by atomic mass is 16.5. The molecule has 8 heteroatoms. The Morgan fingerprint density at radius 1 is 1.44 bits per heavy atom. The van der Waals surface area contributed by atoms with Crippen LogP contribution in [0.4, 0.5) is 5.82 Å². The molecule has 0 aromatic carbocycles. The number of ether oxygens (including phenoxy) is 1. The summed E-state index contributed by atoms with van der Waals surface area (Å²) in [5.41, 5.74) is 5.89. The van der Waals surface area contributed by atoms with Crippen molar-refractivity contribution in [3.05, 3.63) is 23.9 Å². The van der Waals surface area contributed by atoms with Crippen molar-refractivity contribution in [2.45, 2.75) is 25.3 Å². The Morgan fingerprint density at radius 3 is 2.68 bits per heavy atom. The predicted octanol–water partition coefficient (Wildman–Crippen LogP) is 0.519. The molecule has 0 aliphatic carbocycles. The number of aldehydes is 1. The van der Waals surface area contributed by atoms with E-state index >= 15 is 0 Å². The third-order valence-electron chi connectivity index (χ3n) is 3.75. The number of aliphatic carboxylic acids is 1. The molecule has 0 saturated carbocycles. The Morgan fingerprint density at radius 2 is 2.16 bits per heavy atom. The second kappa shape index (κ2) is 12.3. The van der Waals surface area contributed by atoms with Gasteiger partial charge in [-0.1, -0.05) is 6.42 Å². The zero-order chi connectivity index (χ0) is 18.5. The SMILES string of the molecule is CNCCCCC(N)C(=O)O.O=Cc1ccc(N2CCOCC2)nc1. The van der Waals surface area contributed by atoms with Gasteiger partial charge in [-0.3, -0.25) is 9.59 Å². The number of nitrogens with one attached hydrogen (secondary N) is 1. The molecule has 8 nitrogen and oxygen atoms in total. The van der Waals surface area contributed by atoms with Gasteiger partial charge in [0.25, 0.3) is 0 Å². The number of unbranched alkanes of at least 4 members (excludes halogenated alkanes) is 1. The van der Waals surface area contributed by atoms with Crippen molar-refractivity contribution < 1.29 is 19.4 Å². The van der Waals surface area contributed by atoms with E-state index in [-0.39, 0.29) is 0 Å². The summed E-state index contributed by atoms with van der Waals surface area (Å²) >= 11 is 0. The smallest absolute Gasteiger partial charge is 0.320 e. The summed E-state index contributed by atoms with van der Waals surface area (Å²) in [6.45, 7) is 4.15. The molecular weight excluding hydrogens is 324 g/mol. The number of nitrogens with two attached hydrogens (primary N) is 1. The van der Waals surface area contributed by atoms with Gasteiger partial charge in [-0.2, -0.15) is 0 Å². The van der Waals surface area contributed by atoms with E-state index in [1.807, 2.05) is 13.1 Å². The van der Waals surface area contributed by atoms with Gasteiger partial charge in [0, 0.05) is 24.8 Å². The Kier molecular flexibility index (Phi) is 10.4. The number of morpholine rings is 1. The topological polar surface area (TPSA) is 118 Å². The normalized spacial score (nSPS) is 15.0. The molecule has 1 aliphatic heterocycles. The van der Waals surface area contributed by atoms with Gasteiger partial charge in [-0.05, 0) is 38.6 Å². The van der Waals surface area contributed by atoms with Gasteiger partial charge in [0.15, 0.2) is 6.29 Å². The van der Waals surface area contributed by atoms with Gasteiger partial charge in [-0.15, -0.1) is 0 Å². The van der Waals surface area contributed by atoms with Gasteiger partial charge in [0.05, 0.1) is 13.2 Å². The van der Waals surface area contributed by atoms with E-state index in [1.54, 1.807) is 12.3 Å². The molecule has 1 aliphatic rings. The van der Waals surface area contributed by atoms with Crippen LogP contribution in [0.3, 0.4) is 0 Å². The number of carboxylic acid groups (broad SMARTS) is 1. The van der Waals surface area contributed by atoms with Crippen LogP contribution in [0.2, 0.25) is 0 Å². The lowest BCUT2D eigenvalue weighted by atomic mass is 10.1. The summed E-state index contributed by atoms with van der Waals surface area (Å²) in [4.78, 5) is 27.0. The molecular formula is C17H28N4O4. The minimum absolute atomic E-state index is 0.566. The summed E-state index contributed by atoms with van der Waals surface area (Å²) < 4.78 is 5.24. The van der Waals surface area contributed by atoms with Crippen molar-refractivity contribution in [1.82, 2.24) is 10.3 Å². The van der Waals surface area contributed by atoms with Crippen LogP contribution in [0.1, 0.15) is 29.6 Å². The fourth-order valence-corrected chi connectivity index (χ4v) is 2.24. The maximum Gasteiger partial charge on any atom is 0.320 e. The van der Waals surface area contributed by atoms with Crippen molar-refractivity contribution in [3.63, 3.8) is 0 Å². The van der Waals surface area contributed by atoms with E-state index in [0.717, 1.165) is 57.8 Å². The monoisotopic (exact) mass is 352 g/mol. The van der Waals surface area contributed by atoms with Gasteiger partial charge >= 0.3 is 5.97 Å². The van der Waals surface area contributed by atoms with E-state index in [2.05, 4.69) is 15.2 Å². The maximum atomic E-state index is 10.4.